The highest BCUT2D eigenvalue weighted by Crippen LogP contribution is 2.32. The number of ether oxygens (including phenoxy) is 1. The lowest BCUT2D eigenvalue weighted by atomic mass is 9.95. The van der Waals surface area contributed by atoms with Crippen molar-refractivity contribution in [3.8, 4) is 16.9 Å². The van der Waals surface area contributed by atoms with Gasteiger partial charge in [-0.2, -0.15) is 0 Å². The van der Waals surface area contributed by atoms with E-state index in [1.165, 1.54) is 5.56 Å². The highest BCUT2D eigenvalue weighted by molar-refractivity contribution is 6.03. The van der Waals surface area contributed by atoms with Crippen molar-refractivity contribution in [2.75, 3.05) is 7.11 Å². The largest absolute Gasteiger partial charge is 0.497 e. The van der Waals surface area contributed by atoms with Crippen LogP contribution in [0.2, 0.25) is 0 Å². The van der Waals surface area contributed by atoms with E-state index in [4.69, 9.17) is 4.74 Å². The number of fused-ring (bicyclic) bond motifs is 1. The van der Waals surface area contributed by atoms with Crippen molar-refractivity contribution in [2.45, 2.75) is 6.92 Å². The minimum atomic E-state index is -0.932. The van der Waals surface area contributed by atoms with Gasteiger partial charge in [-0.1, -0.05) is 35.9 Å². The Morgan fingerprint density at radius 3 is 2.36 bits per heavy atom. The fourth-order valence-corrected chi connectivity index (χ4v) is 2.57. The van der Waals surface area contributed by atoms with Gasteiger partial charge in [0.1, 0.15) is 5.75 Å². The Labute approximate surface area is 128 Å². The van der Waals surface area contributed by atoms with Crippen LogP contribution in [-0.4, -0.2) is 18.2 Å². The number of hydrogen-bond donors (Lipinski definition) is 1. The molecule has 1 N–H and O–H groups in total. The molecule has 0 saturated heterocycles. The zero-order valence-corrected chi connectivity index (χ0v) is 12.5. The molecule has 0 saturated carbocycles. The predicted molar refractivity (Wildman–Crippen MR) is 87.6 cm³/mol. The highest BCUT2D eigenvalue weighted by atomic mass is 16.5. The molecule has 3 rings (SSSR count). The second kappa shape index (κ2) is 5.53. The minimum Gasteiger partial charge on any atom is -0.497 e. The standard InChI is InChI=1S/C19H16O3/c1-12-3-5-13(6-4-12)18-11-15(19(20)21)9-14-10-16(22-2)7-8-17(14)18/h3-11H,1-2H3,(H,20,21). The topological polar surface area (TPSA) is 46.5 Å². The average Bonchev–Trinajstić information content (AvgIpc) is 2.54. The average molecular weight is 292 g/mol. The van der Waals surface area contributed by atoms with Gasteiger partial charge in [-0.05, 0) is 53.1 Å². The van der Waals surface area contributed by atoms with Gasteiger partial charge >= 0.3 is 5.97 Å². The normalized spacial score (nSPS) is 10.6. The maximum absolute atomic E-state index is 11.4. The number of aryl methyl sites for hydroxylation is 1. The van der Waals surface area contributed by atoms with Gasteiger partial charge in [0.2, 0.25) is 0 Å². The lowest BCUT2D eigenvalue weighted by Gasteiger charge is -2.11. The molecule has 3 heteroatoms. The molecule has 3 aromatic rings. The monoisotopic (exact) mass is 292 g/mol. The smallest absolute Gasteiger partial charge is 0.335 e. The van der Waals surface area contributed by atoms with E-state index in [2.05, 4.69) is 0 Å². The number of hydrogen-bond acceptors (Lipinski definition) is 2. The first-order chi connectivity index (χ1) is 10.6. The van der Waals surface area contributed by atoms with E-state index in [0.29, 0.717) is 5.75 Å². The summed E-state index contributed by atoms with van der Waals surface area (Å²) < 4.78 is 5.24. The first kappa shape index (κ1) is 14.1. The van der Waals surface area contributed by atoms with Gasteiger partial charge in [-0.15, -0.1) is 0 Å². The second-order valence-electron chi connectivity index (χ2n) is 5.28. The van der Waals surface area contributed by atoms with Crippen LogP contribution >= 0.6 is 0 Å². The van der Waals surface area contributed by atoms with Crippen molar-refractivity contribution < 1.29 is 14.6 Å². The molecule has 110 valence electrons. The van der Waals surface area contributed by atoms with Crippen LogP contribution in [0, 0.1) is 6.92 Å². The van der Waals surface area contributed by atoms with E-state index in [0.717, 1.165) is 21.9 Å². The molecule has 3 aromatic carbocycles. The Kier molecular flexibility index (Phi) is 3.55. The van der Waals surface area contributed by atoms with Crippen LogP contribution in [-0.2, 0) is 0 Å². The van der Waals surface area contributed by atoms with E-state index in [1.807, 2.05) is 49.4 Å². The zero-order chi connectivity index (χ0) is 15.7. The van der Waals surface area contributed by atoms with Crippen molar-refractivity contribution in [3.05, 3.63) is 65.7 Å². The van der Waals surface area contributed by atoms with Crippen LogP contribution in [0.15, 0.2) is 54.6 Å². The molecule has 0 aliphatic heterocycles. The first-order valence-corrected chi connectivity index (χ1v) is 7.00. The lowest BCUT2D eigenvalue weighted by molar-refractivity contribution is 0.0697. The fraction of sp³-hybridized carbons (Fsp3) is 0.105. The van der Waals surface area contributed by atoms with Crippen LogP contribution in [0.25, 0.3) is 21.9 Å². The van der Waals surface area contributed by atoms with Gasteiger partial charge in [-0.25, -0.2) is 4.79 Å². The molecule has 3 nitrogen and oxygen atoms in total. The van der Waals surface area contributed by atoms with E-state index < -0.39 is 5.97 Å². The Balaban J connectivity index is 2.31. The number of rotatable bonds is 3. The summed E-state index contributed by atoms with van der Waals surface area (Å²) in [5.74, 6) is -0.219. The summed E-state index contributed by atoms with van der Waals surface area (Å²) in [7, 11) is 1.60. The van der Waals surface area contributed by atoms with Crippen LogP contribution < -0.4 is 4.74 Å². The third kappa shape index (κ3) is 2.53. The zero-order valence-electron chi connectivity index (χ0n) is 12.5. The molecule has 0 heterocycles. The molecule has 0 atom stereocenters. The molecule has 0 spiro atoms. The highest BCUT2D eigenvalue weighted by Gasteiger charge is 2.11. The van der Waals surface area contributed by atoms with Gasteiger partial charge in [0, 0.05) is 0 Å². The SMILES string of the molecule is COc1ccc2c(-c3ccc(C)cc3)cc(C(=O)O)cc2c1. The van der Waals surface area contributed by atoms with Crippen LogP contribution in [0.5, 0.6) is 5.75 Å². The molecule has 0 radical (unpaired) electrons. The number of carboxylic acid groups (broad SMARTS) is 1. The molecule has 0 bridgehead atoms. The minimum absolute atomic E-state index is 0.274. The molecule has 22 heavy (non-hydrogen) atoms. The number of carbonyl (C=O) groups is 1. The van der Waals surface area contributed by atoms with E-state index >= 15 is 0 Å². The molecule has 0 aromatic heterocycles. The third-order valence-corrected chi connectivity index (χ3v) is 3.77. The molecule has 0 unspecified atom stereocenters. The predicted octanol–water partition coefficient (Wildman–Crippen LogP) is 4.52. The Morgan fingerprint density at radius 1 is 1.00 bits per heavy atom. The van der Waals surface area contributed by atoms with Gasteiger partial charge in [0.15, 0.2) is 0 Å². The number of carboxylic acids is 1. The summed E-state index contributed by atoms with van der Waals surface area (Å²) >= 11 is 0. The number of aromatic carboxylic acids is 1. The molecular formula is C19H16O3. The third-order valence-electron chi connectivity index (χ3n) is 3.77. The van der Waals surface area contributed by atoms with Gasteiger partial charge in [-0.3, -0.25) is 0 Å². The van der Waals surface area contributed by atoms with Crippen molar-refractivity contribution in [2.24, 2.45) is 0 Å². The molecular weight excluding hydrogens is 276 g/mol. The fourth-order valence-electron chi connectivity index (χ4n) is 2.57. The van der Waals surface area contributed by atoms with Crippen LogP contribution in [0.1, 0.15) is 15.9 Å². The van der Waals surface area contributed by atoms with Crippen LogP contribution in [0.4, 0.5) is 0 Å². The van der Waals surface area contributed by atoms with Gasteiger partial charge < -0.3 is 9.84 Å². The first-order valence-electron chi connectivity index (χ1n) is 7.00. The van der Waals surface area contributed by atoms with Crippen molar-refractivity contribution in [1.29, 1.82) is 0 Å². The molecule has 0 fully saturated rings. The summed E-state index contributed by atoms with van der Waals surface area (Å²) in [6.45, 7) is 2.03. The summed E-state index contributed by atoms with van der Waals surface area (Å²) in [6.07, 6.45) is 0. The second-order valence-corrected chi connectivity index (χ2v) is 5.28. The van der Waals surface area contributed by atoms with Crippen LogP contribution in [0.3, 0.4) is 0 Å². The molecule has 0 aliphatic carbocycles. The summed E-state index contributed by atoms with van der Waals surface area (Å²) in [4.78, 5) is 11.4. The quantitative estimate of drug-likeness (QED) is 0.772. The van der Waals surface area contributed by atoms with Gasteiger partial charge in [0.25, 0.3) is 0 Å². The summed E-state index contributed by atoms with van der Waals surface area (Å²) in [5, 5.41) is 11.2. The lowest BCUT2D eigenvalue weighted by Crippen LogP contribution is -1.97. The molecule has 0 amide bonds. The maximum atomic E-state index is 11.4. The Morgan fingerprint density at radius 2 is 1.73 bits per heavy atom. The summed E-state index contributed by atoms with van der Waals surface area (Å²) in [5.41, 5.74) is 3.36. The van der Waals surface area contributed by atoms with Crippen molar-refractivity contribution >= 4 is 16.7 Å². The molecule has 0 aliphatic rings. The van der Waals surface area contributed by atoms with Crippen molar-refractivity contribution in [1.82, 2.24) is 0 Å². The number of methoxy groups -OCH3 is 1. The Hall–Kier alpha value is -2.81. The Bertz CT molecular complexity index is 848. The van der Waals surface area contributed by atoms with E-state index in [9.17, 15) is 9.90 Å². The van der Waals surface area contributed by atoms with Gasteiger partial charge in [0.05, 0.1) is 12.7 Å². The van der Waals surface area contributed by atoms with Crippen molar-refractivity contribution in [3.63, 3.8) is 0 Å². The summed E-state index contributed by atoms with van der Waals surface area (Å²) in [6, 6.07) is 17.2. The van der Waals surface area contributed by atoms with E-state index in [-0.39, 0.29) is 5.56 Å². The van der Waals surface area contributed by atoms with E-state index in [1.54, 1.807) is 19.2 Å². The number of benzene rings is 3. The maximum Gasteiger partial charge on any atom is 0.335 e.